The SMILES string of the molecule is FC(F)(F)c1cc(Br)ccc1C=CCCl. The summed E-state index contributed by atoms with van der Waals surface area (Å²) in [6, 6.07) is 4.01. The molecule has 0 nitrogen and oxygen atoms in total. The van der Waals surface area contributed by atoms with Crippen LogP contribution in [0.1, 0.15) is 11.1 Å². The van der Waals surface area contributed by atoms with E-state index in [1.165, 1.54) is 18.2 Å². The molecule has 1 aromatic carbocycles. The third-order valence-electron chi connectivity index (χ3n) is 1.71. The van der Waals surface area contributed by atoms with Crippen molar-refractivity contribution in [3.8, 4) is 0 Å². The minimum Gasteiger partial charge on any atom is -0.166 e. The summed E-state index contributed by atoms with van der Waals surface area (Å²) in [4.78, 5) is 0. The summed E-state index contributed by atoms with van der Waals surface area (Å²) in [7, 11) is 0. The van der Waals surface area contributed by atoms with E-state index in [1.54, 1.807) is 6.07 Å². The molecule has 0 amide bonds. The minimum atomic E-state index is -4.35. The van der Waals surface area contributed by atoms with Gasteiger partial charge in [-0.2, -0.15) is 13.2 Å². The predicted molar refractivity (Wildman–Crippen MR) is 58.9 cm³/mol. The van der Waals surface area contributed by atoms with Gasteiger partial charge in [-0.3, -0.25) is 0 Å². The van der Waals surface area contributed by atoms with Crippen molar-refractivity contribution in [3.05, 3.63) is 39.9 Å². The number of rotatable bonds is 2. The Morgan fingerprint density at radius 2 is 2.00 bits per heavy atom. The van der Waals surface area contributed by atoms with Gasteiger partial charge in [0.25, 0.3) is 0 Å². The first kappa shape index (κ1) is 12.6. The van der Waals surface area contributed by atoms with E-state index in [9.17, 15) is 13.2 Å². The van der Waals surface area contributed by atoms with Crippen LogP contribution in [0.5, 0.6) is 0 Å². The van der Waals surface area contributed by atoms with Crippen LogP contribution >= 0.6 is 27.5 Å². The average molecular weight is 300 g/mol. The summed E-state index contributed by atoms with van der Waals surface area (Å²) in [6.07, 6.45) is -1.52. The Hall–Kier alpha value is -0.480. The Morgan fingerprint density at radius 1 is 1.33 bits per heavy atom. The van der Waals surface area contributed by atoms with Gasteiger partial charge in [0, 0.05) is 10.4 Å². The van der Waals surface area contributed by atoms with Crippen LogP contribution in [0.2, 0.25) is 0 Å². The van der Waals surface area contributed by atoms with E-state index in [-0.39, 0.29) is 11.4 Å². The fourth-order valence-corrected chi connectivity index (χ4v) is 1.54. The van der Waals surface area contributed by atoms with Crippen molar-refractivity contribution in [3.63, 3.8) is 0 Å². The molecule has 0 aliphatic carbocycles. The zero-order valence-corrected chi connectivity index (χ0v) is 9.83. The van der Waals surface area contributed by atoms with E-state index in [2.05, 4.69) is 15.9 Å². The van der Waals surface area contributed by atoms with E-state index in [1.807, 2.05) is 0 Å². The second-order valence-electron chi connectivity index (χ2n) is 2.79. The molecule has 0 atom stereocenters. The lowest BCUT2D eigenvalue weighted by molar-refractivity contribution is -0.137. The van der Waals surface area contributed by atoms with E-state index < -0.39 is 11.7 Å². The zero-order chi connectivity index (χ0) is 11.5. The highest BCUT2D eigenvalue weighted by Gasteiger charge is 2.32. The number of hydrogen-bond acceptors (Lipinski definition) is 0. The highest BCUT2D eigenvalue weighted by molar-refractivity contribution is 9.10. The van der Waals surface area contributed by atoms with Crippen molar-refractivity contribution in [2.45, 2.75) is 6.18 Å². The van der Waals surface area contributed by atoms with Gasteiger partial charge in [-0.25, -0.2) is 0 Å². The summed E-state index contributed by atoms with van der Waals surface area (Å²) in [5.74, 6) is 0.188. The number of hydrogen-bond donors (Lipinski definition) is 0. The van der Waals surface area contributed by atoms with E-state index in [4.69, 9.17) is 11.6 Å². The summed E-state index contributed by atoms with van der Waals surface area (Å²) in [6.45, 7) is 0. The van der Waals surface area contributed by atoms with Crippen molar-refractivity contribution < 1.29 is 13.2 Å². The number of halogens is 5. The lowest BCUT2D eigenvalue weighted by Crippen LogP contribution is -2.07. The van der Waals surface area contributed by atoms with Crippen LogP contribution in [-0.4, -0.2) is 5.88 Å². The van der Waals surface area contributed by atoms with E-state index in [0.717, 1.165) is 6.07 Å². The topological polar surface area (TPSA) is 0 Å². The largest absolute Gasteiger partial charge is 0.417 e. The predicted octanol–water partition coefficient (Wildman–Crippen LogP) is 4.72. The Balaban J connectivity index is 3.21. The van der Waals surface area contributed by atoms with Crippen LogP contribution in [0.4, 0.5) is 13.2 Å². The second-order valence-corrected chi connectivity index (χ2v) is 4.01. The maximum atomic E-state index is 12.6. The molecule has 0 aliphatic rings. The Labute approximate surface area is 98.9 Å². The molecular formula is C10H7BrClF3. The first-order valence-electron chi connectivity index (χ1n) is 4.04. The molecule has 0 saturated heterocycles. The lowest BCUT2D eigenvalue weighted by Gasteiger charge is -2.10. The summed E-state index contributed by atoms with van der Waals surface area (Å²) < 4.78 is 38.1. The molecule has 1 aromatic rings. The third-order valence-corrected chi connectivity index (χ3v) is 2.38. The highest BCUT2D eigenvalue weighted by Crippen LogP contribution is 2.34. The van der Waals surface area contributed by atoms with Gasteiger partial charge in [0.05, 0.1) is 5.56 Å². The minimum absolute atomic E-state index is 0.117. The van der Waals surface area contributed by atoms with Gasteiger partial charge in [0.2, 0.25) is 0 Å². The van der Waals surface area contributed by atoms with Crippen LogP contribution in [0.15, 0.2) is 28.7 Å². The monoisotopic (exact) mass is 298 g/mol. The molecule has 0 radical (unpaired) electrons. The standard InChI is InChI=1S/C10H7BrClF3/c11-8-4-3-7(2-1-5-12)9(6-8)10(13,14)15/h1-4,6H,5H2. The van der Waals surface area contributed by atoms with Gasteiger partial charge >= 0.3 is 6.18 Å². The van der Waals surface area contributed by atoms with Crippen molar-refractivity contribution in [2.24, 2.45) is 0 Å². The summed E-state index contributed by atoms with van der Waals surface area (Å²) in [5, 5.41) is 0. The van der Waals surface area contributed by atoms with Gasteiger partial charge < -0.3 is 0 Å². The number of alkyl halides is 4. The molecule has 15 heavy (non-hydrogen) atoms. The molecule has 5 heteroatoms. The summed E-state index contributed by atoms with van der Waals surface area (Å²) in [5.41, 5.74) is -0.551. The molecule has 0 heterocycles. The normalized spacial score (nSPS) is 12.3. The quantitative estimate of drug-likeness (QED) is 0.693. The van der Waals surface area contributed by atoms with Crippen LogP contribution in [0.3, 0.4) is 0 Å². The molecule has 1 rings (SSSR count). The van der Waals surface area contributed by atoms with Gasteiger partial charge in [0.15, 0.2) is 0 Å². The molecule has 0 fully saturated rings. The molecule has 0 saturated carbocycles. The van der Waals surface area contributed by atoms with Gasteiger partial charge in [0.1, 0.15) is 0 Å². The molecule has 82 valence electrons. The first-order valence-corrected chi connectivity index (χ1v) is 5.37. The van der Waals surface area contributed by atoms with Gasteiger partial charge in [-0.1, -0.05) is 34.1 Å². The Morgan fingerprint density at radius 3 is 2.53 bits per heavy atom. The molecule has 0 bridgehead atoms. The van der Waals surface area contributed by atoms with Crippen LogP contribution < -0.4 is 0 Å². The average Bonchev–Trinajstić information content (AvgIpc) is 2.14. The Bertz CT molecular complexity index is 371. The van der Waals surface area contributed by atoms with E-state index in [0.29, 0.717) is 4.47 Å². The Kier molecular flexibility index (Phi) is 4.22. The number of benzene rings is 1. The zero-order valence-electron chi connectivity index (χ0n) is 7.48. The molecule has 0 spiro atoms. The molecular weight excluding hydrogens is 292 g/mol. The third kappa shape index (κ3) is 3.54. The molecule has 0 N–H and O–H groups in total. The second kappa shape index (κ2) is 5.03. The van der Waals surface area contributed by atoms with Crippen molar-refractivity contribution in [1.29, 1.82) is 0 Å². The summed E-state index contributed by atoms with van der Waals surface area (Å²) >= 11 is 8.38. The fourth-order valence-electron chi connectivity index (χ4n) is 1.09. The highest BCUT2D eigenvalue weighted by atomic mass is 79.9. The van der Waals surface area contributed by atoms with Gasteiger partial charge in [-0.15, -0.1) is 11.6 Å². The van der Waals surface area contributed by atoms with Crippen LogP contribution in [-0.2, 0) is 6.18 Å². The van der Waals surface area contributed by atoms with E-state index >= 15 is 0 Å². The maximum absolute atomic E-state index is 12.6. The lowest BCUT2D eigenvalue weighted by atomic mass is 10.1. The number of allylic oxidation sites excluding steroid dienone is 1. The van der Waals surface area contributed by atoms with Crippen molar-refractivity contribution in [1.82, 2.24) is 0 Å². The first-order chi connectivity index (χ1) is 6.95. The molecule has 0 aromatic heterocycles. The molecule has 0 unspecified atom stereocenters. The van der Waals surface area contributed by atoms with Crippen LogP contribution in [0, 0.1) is 0 Å². The maximum Gasteiger partial charge on any atom is 0.417 e. The van der Waals surface area contributed by atoms with Gasteiger partial charge in [-0.05, 0) is 17.7 Å². The van der Waals surface area contributed by atoms with Crippen LogP contribution in [0.25, 0.3) is 6.08 Å². The van der Waals surface area contributed by atoms with Crippen molar-refractivity contribution in [2.75, 3.05) is 5.88 Å². The molecule has 0 aliphatic heterocycles. The fraction of sp³-hybridized carbons (Fsp3) is 0.200. The smallest absolute Gasteiger partial charge is 0.166 e. The van der Waals surface area contributed by atoms with Crippen molar-refractivity contribution >= 4 is 33.6 Å².